The van der Waals surface area contributed by atoms with Crippen molar-refractivity contribution in [3.63, 3.8) is 0 Å². The lowest BCUT2D eigenvalue weighted by Gasteiger charge is -2.34. The van der Waals surface area contributed by atoms with E-state index in [-0.39, 0.29) is 11.5 Å². The molecule has 5 nitrogen and oxygen atoms in total. The first kappa shape index (κ1) is 19.3. The Morgan fingerprint density at radius 1 is 1.15 bits per heavy atom. The predicted octanol–water partition coefficient (Wildman–Crippen LogP) is 2.69. The molecule has 1 amide bonds. The maximum Gasteiger partial charge on any atom is 0.433 e. The Bertz CT molecular complexity index is 810. The topological polar surface area (TPSA) is 41.4 Å². The Morgan fingerprint density at radius 3 is 2.44 bits per heavy atom. The monoisotopic (exact) mass is 384 g/mol. The van der Waals surface area contributed by atoms with Gasteiger partial charge in [-0.3, -0.25) is 14.4 Å². The first-order valence-electron chi connectivity index (χ1n) is 8.59. The summed E-state index contributed by atoms with van der Waals surface area (Å²) >= 11 is 0. The molecule has 0 radical (unpaired) electrons. The molecule has 0 atom stereocenters. The standard InChI is InChI=1S/C18H20F4N4O/c1-13-10-16(18(20,21)22)26(23-13)12-17(27)25-8-6-24(7-9-25)11-14-4-2-3-5-15(14)19/h2-5,10H,6-9,11-12H2,1H3. The van der Waals surface area contributed by atoms with Gasteiger partial charge in [0.25, 0.3) is 0 Å². The van der Waals surface area contributed by atoms with Gasteiger partial charge < -0.3 is 4.90 Å². The van der Waals surface area contributed by atoms with Gasteiger partial charge in [-0.25, -0.2) is 4.39 Å². The fraction of sp³-hybridized carbons (Fsp3) is 0.444. The van der Waals surface area contributed by atoms with Crippen molar-refractivity contribution in [2.75, 3.05) is 26.2 Å². The number of piperazine rings is 1. The second kappa shape index (κ2) is 7.67. The lowest BCUT2D eigenvalue weighted by Crippen LogP contribution is -2.49. The van der Waals surface area contributed by atoms with Gasteiger partial charge in [0.1, 0.15) is 18.1 Å². The zero-order valence-corrected chi connectivity index (χ0v) is 14.8. The zero-order chi connectivity index (χ0) is 19.6. The molecule has 2 aromatic rings. The molecule has 0 N–H and O–H groups in total. The van der Waals surface area contributed by atoms with Crippen molar-refractivity contribution in [3.05, 3.63) is 53.1 Å². The maximum atomic E-state index is 13.7. The van der Waals surface area contributed by atoms with Crippen LogP contribution in [0, 0.1) is 12.7 Å². The third-order valence-corrected chi connectivity index (χ3v) is 4.55. The van der Waals surface area contributed by atoms with E-state index >= 15 is 0 Å². The summed E-state index contributed by atoms with van der Waals surface area (Å²) in [4.78, 5) is 15.9. The highest BCUT2D eigenvalue weighted by molar-refractivity contribution is 5.76. The third-order valence-electron chi connectivity index (χ3n) is 4.55. The highest BCUT2D eigenvalue weighted by Crippen LogP contribution is 2.29. The summed E-state index contributed by atoms with van der Waals surface area (Å²) in [5, 5.41) is 3.79. The second-order valence-corrected chi connectivity index (χ2v) is 6.57. The smallest absolute Gasteiger partial charge is 0.339 e. The lowest BCUT2D eigenvalue weighted by molar-refractivity contribution is -0.146. The highest BCUT2D eigenvalue weighted by Gasteiger charge is 2.36. The van der Waals surface area contributed by atoms with Crippen LogP contribution in [0.5, 0.6) is 0 Å². The Labute approximate surface area is 154 Å². The van der Waals surface area contributed by atoms with Crippen LogP contribution in [0.1, 0.15) is 17.0 Å². The molecule has 0 spiro atoms. The van der Waals surface area contributed by atoms with Crippen LogP contribution < -0.4 is 0 Å². The third kappa shape index (κ3) is 4.65. The van der Waals surface area contributed by atoms with Crippen molar-refractivity contribution in [1.29, 1.82) is 0 Å². The Balaban J connectivity index is 1.57. The van der Waals surface area contributed by atoms with Gasteiger partial charge in [0.2, 0.25) is 5.91 Å². The molecule has 0 bridgehead atoms. The quantitative estimate of drug-likeness (QED) is 0.762. The molecule has 0 saturated carbocycles. The predicted molar refractivity (Wildman–Crippen MR) is 90.2 cm³/mol. The van der Waals surface area contributed by atoms with Crippen LogP contribution in [0.4, 0.5) is 17.6 Å². The van der Waals surface area contributed by atoms with Crippen molar-refractivity contribution in [1.82, 2.24) is 19.6 Å². The minimum absolute atomic E-state index is 0.213. The summed E-state index contributed by atoms with van der Waals surface area (Å²) in [5.74, 6) is -0.682. The molecular formula is C18H20F4N4O. The average Bonchev–Trinajstić information content (AvgIpc) is 2.98. The maximum absolute atomic E-state index is 13.7. The van der Waals surface area contributed by atoms with E-state index in [0.717, 1.165) is 6.07 Å². The number of nitrogens with zero attached hydrogens (tertiary/aromatic N) is 4. The van der Waals surface area contributed by atoms with E-state index in [1.807, 2.05) is 4.90 Å². The number of aryl methyl sites for hydroxylation is 1. The Morgan fingerprint density at radius 2 is 1.81 bits per heavy atom. The van der Waals surface area contributed by atoms with Crippen molar-refractivity contribution in [2.24, 2.45) is 0 Å². The number of carbonyl (C=O) groups is 1. The van der Waals surface area contributed by atoms with Gasteiger partial charge >= 0.3 is 6.18 Å². The number of alkyl halides is 3. The minimum Gasteiger partial charge on any atom is -0.339 e. The van der Waals surface area contributed by atoms with Crippen LogP contribution in [0.15, 0.2) is 30.3 Å². The first-order valence-corrected chi connectivity index (χ1v) is 8.59. The number of benzene rings is 1. The van der Waals surface area contributed by atoms with Gasteiger partial charge in [-0.2, -0.15) is 18.3 Å². The number of halogens is 4. The summed E-state index contributed by atoms with van der Waals surface area (Å²) in [5.41, 5.74) is -0.129. The zero-order valence-electron chi connectivity index (χ0n) is 14.8. The van der Waals surface area contributed by atoms with Gasteiger partial charge in [-0.15, -0.1) is 0 Å². The van der Waals surface area contributed by atoms with Gasteiger partial charge in [0, 0.05) is 38.3 Å². The Hall–Kier alpha value is -2.42. The largest absolute Gasteiger partial charge is 0.433 e. The molecule has 9 heteroatoms. The number of rotatable bonds is 4. The van der Waals surface area contributed by atoms with Crippen LogP contribution in [-0.4, -0.2) is 51.7 Å². The molecule has 27 heavy (non-hydrogen) atoms. The summed E-state index contributed by atoms with van der Waals surface area (Å²) in [6, 6.07) is 7.44. The van der Waals surface area contributed by atoms with E-state index in [4.69, 9.17) is 0 Å². The highest BCUT2D eigenvalue weighted by atomic mass is 19.4. The van der Waals surface area contributed by atoms with Crippen molar-refractivity contribution in [3.8, 4) is 0 Å². The second-order valence-electron chi connectivity index (χ2n) is 6.57. The van der Waals surface area contributed by atoms with Gasteiger partial charge in [-0.05, 0) is 19.1 Å². The number of carbonyl (C=O) groups excluding carboxylic acids is 1. The van der Waals surface area contributed by atoms with Crippen LogP contribution in [0.3, 0.4) is 0 Å². The normalized spacial score (nSPS) is 16.0. The summed E-state index contributed by atoms with van der Waals surface area (Å²) in [6.07, 6.45) is -4.56. The van der Waals surface area contributed by atoms with Gasteiger partial charge in [-0.1, -0.05) is 18.2 Å². The molecule has 1 aromatic heterocycles. The fourth-order valence-electron chi connectivity index (χ4n) is 3.15. The van der Waals surface area contributed by atoms with Crippen molar-refractivity contribution < 1.29 is 22.4 Å². The average molecular weight is 384 g/mol. The van der Waals surface area contributed by atoms with Crippen LogP contribution in [0.25, 0.3) is 0 Å². The van der Waals surface area contributed by atoms with Crippen LogP contribution in [-0.2, 0) is 24.1 Å². The SMILES string of the molecule is Cc1cc(C(F)(F)F)n(CC(=O)N2CCN(Cc3ccccc3F)CC2)n1. The van der Waals surface area contributed by atoms with Crippen LogP contribution >= 0.6 is 0 Å². The molecule has 0 unspecified atom stereocenters. The summed E-state index contributed by atoms with van der Waals surface area (Å²) in [6.45, 7) is 3.28. The molecule has 0 aliphatic carbocycles. The molecule has 2 heterocycles. The molecule has 146 valence electrons. The molecule has 1 fully saturated rings. The van der Waals surface area contributed by atoms with Crippen molar-refractivity contribution in [2.45, 2.75) is 26.2 Å². The van der Waals surface area contributed by atoms with E-state index in [2.05, 4.69) is 5.10 Å². The summed E-state index contributed by atoms with van der Waals surface area (Å²) < 4.78 is 53.5. The lowest BCUT2D eigenvalue weighted by atomic mass is 10.2. The van der Waals surface area contributed by atoms with Crippen LogP contribution in [0.2, 0.25) is 0 Å². The molecule has 1 aliphatic rings. The first-order chi connectivity index (χ1) is 12.7. The van der Waals surface area contributed by atoms with E-state index in [1.165, 1.54) is 17.9 Å². The van der Waals surface area contributed by atoms with E-state index < -0.39 is 24.3 Å². The molecular weight excluding hydrogens is 364 g/mol. The minimum atomic E-state index is -4.56. The molecule has 1 saturated heterocycles. The number of hydrogen-bond donors (Lipinski definition) is 0. The molecule has 1 aliphatic heterocycles. The number of hydrogen-bond acceptors (Lipinski definition) is 3. The fourth-order valence-corrected chi connectivity index (χ4v) is 3.15. The van der Waals surface area contributed by atoms with E-state index in [1.54, 1.807) is 18.2 Å². The van der Waals surface area contributed by atoms with E-state index in [9.17, 15) is 22.4 Å². The molecule has 3 rings (SSSR count). The van der Waals surface area contributed by atoms with E-state index in [0.29, 0.717) is 43.0 Å². The molecule has 1 aromatic carbocycles. The summed E-state index contributed by atoms with van der Waals surface area (Å²) in [7, 11) is 0. The van der Waals surface area contributed by atoms with Gasteiger partial charge in [0.05, 0.1) is 5.69 Å². The number of aromatic nitrogens is 2. The van der Waals surface area contributed by atoms with Gasteiger partial charge in [0.15, 0.2) is 0 Å². The Kier molecular flexibility index (Phi) is 5.50. The number of amides is 1. The van der Waals surface area contributed by atoms with Crippen molar-refractivity contribution >= 4 is 5.91 Å².